The molecule has 1 saturated carbocycles. The molecule has 6 nitrogen and oxygen atoms in total. The maximum Gasteiger partial charge on any atom is 0.335 e. The summed E-state index contributed by atoms with van der Waals surface area (Å²) in [6.45, 7) is 0. The second kappa shape index (κ2) is 5.69. The van der Waals surface area contributed by atoms with Gasteiger partial charge in [0, 0.05) is 12.1 Å². The van der Waals surface area contributed by atoms with Gasteiger partial charge in [0.2, 0.25) is 0 Å². The highest BCUT2D eigenvalue weighted by molar-refractivity contribution is 5.94. The van der Waals surface area contributed by atoms with Gasteiger partial charge in [-0.3, -0.25) is 9.59 Å². The lowest BCUT2D eigenvalue weighted by Crippen LogP contribution is -2.45. The molecule has 6 heteroatoms. The van der Waals surface area contributed by atoms with Gasteiger partial charge in [-0.25, -0.2) is 4.79 Å². The Balaban J connectivity index is 2.06. The number of nitrogens with one attached hydrogen (secondary N) is 1. The van der Waals surface area contributed by atoms with Crippen LogP contribution >= 0.6 is 0 Å². The number of aliphatic carboxylic acids is 1. The monoisotopic (exact) mass is 265 g/mol. The van der Waals surface area contributed by atoms with Crippen LogP contribution in [0.1, 0.15) is 36.0 Å². The molecule has 2 N–H and O–H groups in total. The number of rotatable bonds is 3. The largest absolute Gasteiger partial charge is 0.481 e. The molecule has 0 spiro atoms. The second-order valence-corrected chi connectivity index (χ2v) is 4.65. The minimum atomic E-state index is -0.885. The zero-order valence-electron chi connectivity index (χ0n) is 10.3. The molecule has 1 amide bonds. The summed E-state index contributed by atoms with van der Waals surface area (Å²) >= 11 is 0. The number of carboxylic acids is 1. The molecule has 19 heavy (non-hydrogen) atoms. The van der Waals surface area contributed by atoms with Crippen LogP contribution in [0.15, 0.2) is 27.6 Å². The van der Waals surface area contributed by atoms with E-state index in [1.165, 1.54) is 6.07 Å². The van der Waals surface area contributed by atoms with Crippen molar-refractivity contribution in [3.05, 3.63) is 34.4 Å². The first kappa shape index (κ1) is 13.3. The Morgan fingerprint density at radius 2 is 2.00 bits per heavy atom. The predicted molar refractivity (Wildman–Crippen MR) is 65.8 cm³/mol. The average Bonchev–Trinajstić information content (AvgIpc) is 2.39. The normalized spacial score (nSPS) is 22.7. The number of carbonyl (C=O) groups is 2. The first-order valence-electron chi connectivity index (χ1n) is 6.20. The van der Waals surface area contributed by atoms with Crippen molar-refractivity contribution >= 4 is 11.9 Å². The van der Waals surface area contributed by atoms with E-state index in [1.807, 2.05) is 0 Å². The molecule has 2 rings (SSSR count). The van der Waals surface area contributed by atoms with E-state index >= 15 is 0 Å². The lowest BCUT2D eigenvalue weighted by atomic mass is 9.84. The van der Waals surface area contributed by atoms with Crippen molar-refractivity contribution in [2.75, 3.05) is 0 Å². The molecular weight excluding hydrogens is 250 g/mol. The van der Waals surface area contributed by atoms with Crippen LogP contribution in [0.25, 0.3) is 0 Å². The number of hydrogen-bond donors (Lipinski definition) is 2. The number of carboxylic acid groups (broad SMARTS) is 1. The van der Waals surface area contributed by atoms with Crippen LogP contribution < -0.4 is 10.9 Å². The average molecular weight is 265 g/mol. The Hall–Kier alpha value is -2.11. The Bertz CT molecular complexity index is 516. The minimum absolute atomic E-state index is 0.217. The summed E-state index contributed by atoms with van der Waals surface area (Å²) in [5, 5.41) is 11.8. The molecule has 0 radical (unpaired) electrons. The smallest absolute Gasteiger partial charge is 0.335 e. The maximum atomic E-state index is 11.9. The summed E-state index contributed by atoms with van der Waals surface area (Å²) in [4.78, 5) is 33.8. The Labute approximate surface area is 109 Å². The third kappa shape index (κ3) is 3.21. The molecule has 1 fully saturated rings. The van der Waals surface area contributed by atoms with Gasteiger partial charge in [0.05, 0.1) is 11.5 Å². The van der Waals surface area contributed by atoms with Crippen molar-refractivity contribution in [1.82, 2.24) is 5.32 Å². The summed E-state index contributed by atoms with van der Waals surface area (Å²) in [5.74, 6) is -1.85. The zero-order valence-corrected chi connectivity index (χ0v) is 10.3. The first-order valence-corrected chi connectivity index (χ1v) is 6.20. The van der Waals surface area contributed by atoms with Gasteiger partial charge in [-0.05, 0) is 18.9 Å². The summed E-state index contributed by atoms with van der Waals surface area (Å²) < 4.78 is 4.61. The van der Waals surface area contributed by atoms with Crippen LogP contribution in [-0.4, -0.2) is 23.0 Å². The number of amides is 1. The molecule has 1 aromatic heterocycles. The van der Waals surface area contributed by atoms with E-state index in [-0.39, 0.29) is 11.6 Å². The summed E-state index contributed by atoms with van der Waals surface area (Å²) in [6, 6.07) is 2.15. The van der Waals surface area contributed by atoms with Crippen LogP contribution in [0.5, 0.6) is 0 Å². The molecule has 0 aromatic carbocycles. The van der Waals surface area contributed by atoms with Crippen LogP contribution in [0.2, 0.25) is 0 Å². The molecular formula is C13H15NO5. The highest BCUT2D eigenvalue weighted by Crippen LogP contribution is 2.24. The molecule has 2 atom stereocenters. The fraction of sp³-hybridized carbons (Fsp3) is 0.462. The Morgan fingerprint density at radius 1 is 1.26 bits per heavy atom. The second-order valence-electron chi connectivity index (χ2n) is 4.65. The Morgan fingerprint density at radius 3 is 2.63 bits per heavy atom. The van der Waals surface area contributed by atoms with E-state index < -0.39 is 23.4 Å². The van der Waals surface area contributed by atoms with Gasteiger partial charge in [0.1, 0.15) is 6.26 Å². The maximum absolute atomic E-state index is 11.9. The van der Waals surface area contributed by atoms with Crippen LogP contribution in [0.3, 0.4) is 0 Å². The zero-order chi connectivity index (χ0) is 13.8. The van der Waals surface area contributed by atoms with Crippen molar-refractivity contribution < 1.29 is 19.1 Å². The molecule has 2 unspecified atom stereocenters. The topological polar surface area (TPSA) is 96.6 Å². The summed E-state index contributed by atoms with van der Waals surface area (Å²) in [6.07, 6.45) is 4.07. The van der Waals surface area contributed by atoms with Crippen molar-refractivity contribution in [3.8, 4) is 0 Å². The highest BCUT2D eigenvalue weighted by atomic mass is 16.4. The molecule has 1 aliphatic carbocycles. The van der Waals surface area contributed by atoms with Crippen LogP contribution in [-0.2, 0) is 4.79 Å². The van der Waals surface area contributed by atoms with Crippen molar-refractivity contribution in [2.24, 2.45) is 5.92 Å². The Kier molecular flexibility index (Phi) is 3.99. The van der Waals surface area contributed by atoms with E-state index in [2.05, 4.69) is 9.73 Å². The molecule has 1 aliphatic rings. The van der Waals surface area contributed by atoms with E-state index in [0.717, 1.165) is 25.2 Å². The standard InChI is InChI=1S/C13H15NO5/c15-11-6-5-8(7-19-11)12(16)14-10-4-2-1-3-9(10)13(17)18/h5-7,9-10H,1-4H2,(H,14,16)(H,17,18). The third-order valence-corrected chi connectivity index (χ3v) is 3.36. The molecule has 0 bridgehead atoms. The number of hydrogen-bond acceptors (Lipinski definition) is 4. The van der Waals surface area contributed by atoms with Gasteiger partial charge >= 0.3 is 11.6 Å². The summed E-state index contributed by atoms with van der Waals surface area (Å²) in [5.41, 5.74) is -0.313. The van der Waals surface area contributed by atoms with Crippen molar-refractivity contribution in [2.45, 2.75) is 31.7 Å². The fourth-order valence-corrected chi connectivity index (χ4v) is 2.34. The molecule has 0 saturated heterocycles. The van der Waals surface area contributed by atoms with E-state index in [9.17, 15) is 14.4 Å². The molecule has 1 aromatic rings. The van der Waals surface area contributed by atoms with Crippen molar-refractivity contribution in [3.63, 3.8) is 0 Å². The minimum Gasteiger partial charge on any atom is -0.481 e. The SMILES string of the molecule is O=C(NC1CCCCC1C(=O)O)c1ccc(=O)oc1. The van der Waals surface area contributed by atoms with Crippen LogP contribution in [0, 0.1) is 5.92 Å². The molecule has 1 heterocycles. The van der Waals surface area contributed by atoms with Gasteiger partial charge in [0.15, 0.2) is 0 Å². The van der Waals surface area contributed by atoms with Gasteiger partial charge in [0.25, 0.3) is 5.91 Å². The highest BCUT2D eigenvalue weighted by Gasteiger charge is 2.31. The molecule has 0 aliphatic heterocycles. The van der Waals surface area contributed by atoms with Gasteiger partial charge in [-0.15, -0.1) is 0 Å². The van der Waals surface area contributed by atoms with E-state index in [4.69, 9.17) is 5.11 Å². The predicted octanol–water partition coefficient (Wildman–Crippen LogP) is 1.01. The van der Waals surface area contributed by atoms with E-state index in [0.29, 0.717) is 12.8 Å². The van der Waals surface area contributed by atoms with Crippen LogP contribution in [0.4, 0.5) is 0 Å². The molecule has 102 valence electrons. The van der Waals surface area contributed by atoms with Gasteiger partial charge in [-0.2, -0.15) is 0 Å². The fourth-order valence-electron chi connectivity index (χ4n) is 2.34. The lowest BCUT2D eigenvalue weighted by molar-refractivity contribution is -0.143. The quantitative estimate of drug-likeness (QED) is 0.850. The number of carbonyl (C=O) groups excluding carboxylic acids is 1. The summed E-state index contributed by atoms with van der Waals surface area (Å²) in [7, 11) is 0. The third-order valence-electron chi connectivity index (χ3n) is 3.36. The van der Waals surface area contributed by atoms with Gasteiger partial charge < -0.3 is 14.8 Å². The van der Waals surface area contributed by atoms with Crippen molar-refractivity contribution in [1.29, 1.82) is 0 Å². The van der Waals surface area contributed by atoms with Gasteiger partial charge in [-0.1, -0.05) is 12.8 Å². The lowest BCUT2D eigenvalue weighted by Gasteiger charge is -2.29. The first-order chi connectivity index (χ1) is 9.08. The van der Waals surface area contributed by atoms with E-state index in [1.54, 1.807) is 0 Å².